The average Bonchev–Trinajstić information content (AvgIpc) is 2.72. The van der Waals surface area contributed by atoms with Gasteiger partial charge in [0, 0.05) is 15.7 Å². The highest BCUT2D eigenvalue weighted by Gasteiger charge is 2.21. The summed E-state index contributed by atoms with van der Waals surface area (Å²) in [5, 5.41) is 5.02. The minimum absolute atomic E-state index is 0.294. The Kier molecular flexibility index (Phi) is 2.73. The molecule has 0 spiro atoms. The highest BCUT2D eigenvalue weighted by Crippen LogP contribution is 2.36. The van der Waals surface area contributed by atoms with E-state index in [0.717, 1.165) is 22.2 Å². The summed E-state index contributed by atoms with van der Waals surface area (Å²) in [6.07, 6.45) is 0.979. The fraction of sp³-hybridized carbons (Fsp3) is 0.143. The van der Waals surface area contributed by atoms with E-state index in [-0.39, 0.29) is 0 Å². The number of halogens is 2. The van der Waals surface area contributed by atoms with Crippen LogP contribution in [0.4, 0.5) is 5.69 Å². The summed E-state index contributed by atoms with van der Waals surface area (Å²) in [6, 6.07) is 14.3. The van der Waals surface area contributed by atoms with Gasteiger partial charge < -0.3 is 5.32 Å². The van der Waals surface area contributed by atoms with E-state index in [1.54, 1.807) is 0 Å². The average molecular weight is 264 g/mol. The second kappa shape index (κ2) is 4.25. The third kappa shape index (κ3) is 2.13. The van der Waals surface area contributed by atoms with Gasteiger partial charge >= 0.3 is 0 Å². The van der Waals surface area contributed by atoms with Crippen molar-refractivity contribution in [3.63, 3.8) is 0 Å². The molecule has 0 aliphatic carbocycles. The Bertz CT molecular complexity index is 566. The fourth-order valence-electron chi connectivity index (χ4n) is 2.24. The molecule has 0 bridgehead atoms. The van der Waals surface area contributed by atoms with Crippen LogP contribution in [0.15, 0.2) is 42.5 Å². The van der Waals surface area contributed by atoms with Crippen molar-refractivity contribution in [2.45, 2.75) is 12.5 Å². The number of hydrogen-bond acceptors (Lipinski definition) is 1. The molecule has 3 heteroatoms. The Morgan fingerprint density at radius 3 is 2.65 bits per heavy atom. The number of benzene rings is 2. The first-order chi connectivity index (χ1) is 8.22. The summed E-state index contributed by atoms with van der Waals surface area (Å²) in [6.45, 7) is 0. The zero-order chi connectivity index (χ0) is 11.8. The lowest BCUT2D eigenvalue weighted by atomic mass is 10.0. The van der Waals surface area contributed by atoms with Crippen LogP contribution in [0.3, 0.4) is 0 Å². The maximum absolute atomic E-state index is 6.01. The van der Waals surface area contributed by atoms with Crippen molar-refractivity contribution in [2.75, 3.05) is 5.32 Å². The monoisotopic (exact) mass is 263 g/mol. The van der Waals surface area contributed by atoms with Crippen LogP contribution in [0.1, 0.15) is 17.2 Å². The lowest BCUT2D eigenvalue weighted by Crippen LogP contribution is -2.05. The van der Waals surface area contributed by atoms with E-state index in [1.165, 1.54) is 11.1 Å². The predicted octanol–water partition coefficient (Wildman–Crippen LogP) is 4.70. The number of hydrogen-bond donors (Lipinski definition) is 1. The van der Waals surface area contributed by atoms with Gasteiger partial charge in [0.25, 0.3) is 0 Å². The lowest BCUT2D eigenvalue weighted by molar-refractivity contribution is 0.824. The van der Waals surface area contributed by atoms with Gasteiger partial charge in [-0.25, -0.2) is 0 Å². The van der Waals surface area contributed by atoms with Crippen molar-refractivity contribution in [1.29, 1.82) is 0 Å². The van der Waals surface area contributed by atoms with Crippen LogP contribution in [0.2, 0.25) is 10.0 Å². The maximum Gasteiger partial charge on any atom is 0.0555 e. The smallest absolute Gasteiger partial charge is 0.0555 e. The minimum Gasteiger partial charge on any atom is -0.378 e. The quantitative estimate of drug-likeness (QED) is 0.787. The van der Waals surface area contributed by atoms with E-state index in [1.807, 2.05) is 30.3 Å². The molecule has 0 aromatic heterocycles. The number of anilines is 1. The van der Waals surface area contributed by atoms with E-state index >= 15 is 0 Å². The number of rotatable bonds is 1. The van der Waals surface area contributed by atoms with Crippen LogP contribution < -0.4 is 5.32 Å². The van der Waals surface area contributed by atoms with E-state index in [4.69, 9.17) is 23.2 Å². The van der Waals surface area contributed by atoms with Crippen LogP contribution in [0, 0.1) is 0 Å². The molecule has 0 amide bonds. The van der Waals surface area contributed by atoms with Crippen LogP contribution in [0.25, 0.3) is 0 Å². The summed E-state index contributed by atoms with van der Waals surface area (Å²) in [4.78, 5) is 0. The zero-order valence-corrected chi connectivity index (χ0v) is 10.6. The third-order valence-corrected chi connectivity index (χ3v) is 3.55. The van der Waals surface area contributed by atoms with Gasteiger partial charge in [0.05, 0.1) is 6.04 Å². The Hall–Kier alpha value is -1.18. The fourth-order valence-corrected chi connectivity index (χ4v) is 2.62. The van der Waals surface area contributed by atoms with Gasteiger partial charge in [-0.05, 0) is 41.8 Å². The van der Waals surface area contributed by atoms with Gasteiger partial charge in [0.15, 0.2) is 0 Å². The second-order valence-corrected chi connectivity index (χ2v) is 5.13. The van der Waals surface area contributed by atoms with Crippen LogP contribution in [-0.4, -0.2) is 0 Å². The van der Waals surface area contributed by atoms with Crippen molar-refractivity contribution >= 4 is 28.9 Å². The molecule has 1 heterocycles. The van der Waals surface area contributed by atoms with Gasteiger partial charge in [0.2, 0.25) is 0 Å². The van der Waals surface area contributed by atoms with Gasteiger partial charge in [-0.15, -0.1) is 0 Å². The van der Waals surface area contributed by atoms with E-state index in [2.05, 4.69) is 17.4 Å². The highest BCUT2D eigenvalue weighted by molar-refractivity contribution is 6.31. The summed E-state index contributed by atoms with van der Waals surface area (Å²) in [7, 11) is 0. The largest absolute Gasteiger partial charge is 0.378 e. The van der Waals surface area contributed by atoms with E-state index in [0.29, 0.717) is 6.04 Å². The summed E-state index contributed by atoms with van der Waals surface area (Å²) in [5.41, 5.74) is 3.65. The Morgan fingerprint density at radius 2 is 1.82 bits per heavy atom. The van der Waals surface area contributed by atoms with Crippen molar-refractivity contribution in [1.82, 2.24) is 0 Å². The highest BCUT2D eigenvalue weighted by atomic mass is 35.5. The topological polar surface area (TPSA) is 12.0 Å². The molecule has 1 N–H and O–H groups in total. The first kappa shape index (κ1) is 10.9. The normalized spacial score (nSPS) is 17.6. The molecule has 86 valence electrons. The Balaban J connectivity index is 1.91. The molecular weight excluding hydrogens is 253 g/mol. The van der Waals surface area contributed by atoms with Crippen LogP contribution >= 0.6 is 23.2 Å². The van der Waals surface area contributed by atoms with Crippen molar-refractivity contribution in [2.24, 2.45) is 0 Å². The molecule has 1 aliphatic rings. The summed E-state index contributed by atoms with van der Waals surface area (Å²) >= 11 is 12.0. The summed E-state index contributed by atoms with van der Waals surface area (Å²) in [5.74, 6) is 0. The van der Waals surface area contributed by atoms with E-state index in [9.17, 15) is 0 Å². The number of fused-ring (bicyclic) bond motifs is 1. The minimum atomic E-state index is 0.294. The molecular formula is C14H11Cl2N. The standard InChI is InChI=1S/C14H11Cl2N/c15-11-3-1-2-9(6-11)13-7-10-4-5-12(16)8-14(10)17-13/h1-6,8,13,17H,7H2. The summed E-state index contributed by atoms with van der Waals surface area (Å²) < 4.78 is 0. The molecule has 2 aromatic carbocycles. The zero-order valence-electron chi connectivity index (χ0n) is 9.08. The van der Waals surface area contributed by atoms with Gasteiger partial charge in [-0.1, -0.05) is 41.4 Å². The molecule has 1 unspecified atom stereocenters. The molecule has 1 atom stereocenters. The molecule has 2 aromatic rings. The molecule has 3 rings (SSSR count). The lowest BCUT2D eigenvalue weighted by Gasteiger charge is -2.11. The third-order valence-electron chi connectivity index (χ3n) is 3.08. The molecule has 0 saturated heterocycles. The van der Waals surface area contributed by atoms with Crippen molar-refractivity contribution in [3.8, 4) is 0 Å². The second-order valence-electron chi connectivity index (χ2n) is 4.26. The van der Waals surface area contributed by atoms with Gasteiger partial charge in [-0.2, -0.15) is 0 Å². The predicted molar refractivity (Wildman–Crippen MR) is 73.0 cm³/mol. The maximum atomic E-state index is 6.01. The van der Waals surface area contributed by atoms with Crippen LogP contribution in [-0.2, 0) is 6.42 Å². The Labute approximate surface area is 110 Å². The molecule has 1 nitrogen and oxygen atoms in total. The van der Waals surface area contributed by atoms with E-state index < -0.39 is 0 Å². The molecule has 0 radical (unpaired) electrons. The molecule has 1 aliphatic heterocycles. The Morgan fingerprint density at radius 1 is 1.00 bits per heavy atom. The van der Waals surface area contributed by atoms with Crippen molar-refractivity contribution < 1.29 is 0 Å². The van der Waals surface area contributed by atoms with Gasteiger partial charge in [0.1, 0.15) is 0 Å². The molecule has 0 fully saturated rings. The van der Waals surface area contributed by atoms with Crippen molar-refractivity contribution in [3.05, 3.63) is 63.6 Å². The first-order valence-electron chi connectivity index (χ1n) is 5.53. The van der Waals surface area contributed by atoms with Gasteiger partial charge in [-0.3, -0.25) is 0 Å². The SMILES string of the molecule is Clc1cccc(C2Cc3ccc(Cl)cc3N2)c1. The van der Waals surface area contributed by atoms with Crippen LogP contribution in [0.5, 0.6) is 0 Å². The first-order valence-corrected chi connectivity index (χ1v) is 6.28. The number of nitrogens with one attached hydrogen (secondary N) is 1. The molecule has 17 heavy (non-hydrogen) atoms. The molecule has 0 saturated carbocycles.